The second kappa shape index (κ2) is 8.59. The van der Waals surface area contributed by atoms with Gasteiger partial charge in [0.1, 0.15) is 12.4 Å². The molecule has 4 aromatic carbocycles. The topological polar surface area (TPSA) is 21.3 Å². The smallest absolute Gasteiger partial charge is 0.125 e. The molecule has 0 saturated carbocycles. The molecule has 0 heterocycles. The first kappa shape index (κ1) is 19.4. The summed E-state index contributed by atoms with van der Waals surface area (Å²) < 4.78 is 6.23. The van der Waals surface area contributed by atoms with Gasteiger partial charge in [-0.15, -0.1) is 0 Å². The number of halogens is 1. The zero-order valence-corrected chi connectivity index (χ0v) is 17.5. The molecule has 0 amide bonds. The normalized spacial score (nSPS) is 10.9. The molecule has 3 heteroatoms. The molecule has 146 valence electrons. The van der Waals surface area contributed by atoms with Crippen molar-refractivity contribution in [2.45, 2.75) is 27.0 Å². The fourth-order valence-corrected chi connectivity index (χ4v) is 3.83. The summed E-state index contributed by atoms with van der Waals surface area (Å²) in [6, 6.07) is 26.9. The molecule has 0 radical (unpaired) electrons. The second-order valence-electron chi connectivity index (χ2n) is 7.35. The van der Waals surface area contributed by atoms with Crippen molar-refractivity contribution < 1.29 is 4.74 Å². The van der Waals surface area contributed by atoms with Crippen molar-refractivity contribution in [2.75, 3.05) is 5.32 Å². The first-order valence-corrected chi connectivity index (χ1v) is 10.2. The largest absolute Gasteiger partial charge is 0.489 e. The van der Waals surface area contributed by atoms with E-state index >= 15 is 0 Å². The van der Waals surface area contributed by atoms with Crippen LogP contribution in [-0.4, -0.2) is 0 Å². The third-order valence-corrected chi connectivity index (χ3v) is 5.35. The number of hydrogen-bond acceptors (Lipinski definition) is 2. The highest BCUT2D eigenvalue weighted by Crippen LogP contribution is 2.30. The molecule has 0 aliphatic heterocycles. The van der Waals surface area contributed by atoms with E-state index in [0.29, 0.717) is 13.2 Å². The molecule has 4 rings (SSSR count). The number of hydrogen-bond donors (Lipinski definition) is 1. The number of nitrogens with one attached hydrogen (secondary N) is 1. The predicted octanol–water partition coefficient (Wildman–Crippen LogP) is 7.30. The van der Waals surface area contributed by atoms with Crippen LogP contribution in [0.1, 0.15) is 22.3 Å². The summed E-state index contributed by atoms with van der Waals surface area (Å²) in [6.45, 7) is 5.42. The molecule has 0 aliphatic rings. The SMILES string of the molecule is Cc1ccc(NCc2c(OCc3cccc(Cl)c3)ccc3ccccc23)c(C)c1. The highest BCUT2D eigenvalue weighted by Gasteiger charge is 2.10. The highest BCUT2D eigenvalue weighted by atomic mass is 35.5. The first-order chi connectivity index (χ1) is 14.1. The van der Waals surface area contributed by atoms with Crippen LogP contribution >= 0.6 is 11.6 Å². The van der Waals surface area contributed by atoms with Crippen LogP contribution in [0.5, 0.6) is 5.75 Å². The van der Waals surface area contributed by atoms with Gasteiger partial charge < -0.3 is 10.1 Å². The third kappa shape index (κ3) is 4.55. The highest BCUT2D eigenvalue weighted by molar-refractivity contribution is 6.30. The standard InChI is InChI=1S/C26H24ClNO/c1-18-10-12-25(19(2)14-18)28-16-24-23-9-4-3-7-21(23)11-13-26(24)29-17-20-6-5-8-22(27)15-20/h3-15,28H,16-17H2,1-2H3. The van der Waals surface area contributed by atoms with Crippen molar-refractivity contribution >= 4 is 28.1 Å². The lowest BCUT2D eigenvalue weighted by molar-refractivity contribution is 0.304. The molecule has 29 heavy (non-hydrogen) atoms. The lowest BCUT2D eigenvalue weighted by Crippen LogP contribution is -2.05. The van der Waals surface area contributed by atoms with Gasteiger partial charge in [0.05, 0.1) is 0 Å². The maximum atomic E-state index is 6.23. The summed E-state index contributed by atoms with van der Waals surface area (Å²) in [5.41, 5.74) is 5.86. The summed E-state index contributed by atoms with van der Waals surface area (Å²) in [5, 5.41) is 6.73. The Morgan fingerprint density at radius 2 is 1.72 bits per heavy atom. The van der Waals surface area contributed by atoms with Crippen LogP contribution in [0, 0.1) is 13.8 Å². The number of benzene rings is 4. The molecule has 0 saturated heterocycles. The maximum Gasteiger partial charge on any atom is 0.125 e. The van der Waals surface area contributed by atoms with Gasteiger partial charge >= 0.3 is 0 Å². The van der Waals surface area contributed by atoms with Crippen molar-refractivity contribution in [1.82, 2.24) is 0 Å². The molecule has 0 aliphatic carbocycles. The van der Waals surface area contributed by atoms with E-state index in [-0.39, 0.29) is 0 Å². The Labute approximate surface area is 177 Å². The quantitative estimate of drug-likeness (QED) is 0.366. The van der Waals surface area contributed by atoms with Crippen LogP contribution in [0.15, 0.2) is 78.9 Å². The number of aryl methyl sites for hydroxylation is 2. The van der Waals surface area contributed by atoms with Gasteiger partial charge in [0.2, 0.25) is 0 Å². The summed E-state index contributed by atoms with van der Waals surface area (Å²) in [7, 11) is 0. The number of ether oxygens (including phenoxy) is 1. The van der Waals surface area contributed by atoms with Gasteiger partial charge in [-0.3, -0.25) is 0 Å². The molecule has 0 fully saturated rings. The fraction of sp³-hybridized carbons (Fsp3) is 0.154. The summed E-state index contributed by atoms with van der Waals surface area (Å²) in [6.07, 6.45) is 0. The second-order valence-corrected chi connectivity index (χ2v) is 7.79. The van der Waals surface area contributed by atoms with Crippen LogP contribution in [-0.2, 0) is 13.2 Å². The number of fused-ring (bicyclic) bond motifs is 1. The van der Waals surface area contributed by atoms with E-state index in [0.717, 1.165) is 27.6 Å². The van der Waals surface area contributed by atoms with E-state index in [1.165, 1.54) is 21.9 Å². The van der Waals surface area contributed by atoms with Crippen LogP contribution < -0.4 is 10.1 Å². The number of rotatable bonds is 6. The van der Waals surface area contributed by atoms with E-state index in [4.69, 9.17) is 16.3 Å². The van der Waals surface area contributed by atoms with Crippen LogP contribution in [0.25, 0.3) is 10.8 Å². The lowest BCUT2D eigenvalue weighted by Gasteiger charge is -2.17. The van der Waals surface area contributed by atoms with Crippen molar-refractivity contribution in [1.29, 1.82) is 0 Å². The third-order valence-electron chi connectivity index (χ3n) is 5.12. The lowest BCUT2D eigenvalue weighted by atomic mass is 10.0. The van der Waals surface area contributed by atoms with Gasteiger partial charge in [0.25, 0.3) is 0 Å². The Morgan fingerprint density at radius 3 is 2.55 bits per heavy atom. The van der Waals surface area contributed by atoms with E-state index in [2.05, 4.69) is 73.8 Å². The van der Waals surface area contributed by atoms with Gasteiger partial charge in [-0.2, -0.15) is 0 Å². The Bertz CT molecular complexity index is 1150. The van der Waals surface area contributed by atoms with Gasteiger partial charge in [0.15, 0.2) is 0 Å². The molecule has 4 aromatic rings. The maximum absolute atomic E-state index is 6.23. The van der Waals surface area contributed by atoms with Gasteiger partial charge in [0, 0.05) is 22.8 Å². The summed E-state index contributed by atoms with van der Waals surface area (Å²) in [5.74, 6) is 0.890. The van der Waals surface area contributed by atoms with Gasteiger partial charge in [-0.1, -0.05) is 71.8 Å². The monoisotopic (exact) mass is 401 g/mol. The molecule has 0 bridgehead atoms. The molecule has 1 N–H and O–H groups in total. The predicted molar refractivity (Wildman–Crippen MR) is 123 cm³/mol. The van der Waals surface area contributed by atoms with E-state index in [1.54, 1.807) is 0 Å². The molecular formula is C26H24ClNO. The Hall–Kier alpha value is -2.97. The Balaban J connectivity index is 1.63. The molecule has 0 atom stereocenters. The number of anilines is 1. The van der Waals surface area contributed by atoms with Crippen LogP contribution in [0.4, 0.5) is 5.69 Å². The van der Waals surface area contributed by atoms with E-state index in [1.807, 2.05) is 24.3 Å². The van der Waals surface area contributed by atoms with Crippen molar-refractivity contribution in [3.63, 3.8) is 0 Å². The molecule has 0 spiro atoms. The minimum Gasteiger partial charge on any atom is -0.489 e. The molecule has 0 unspecified atom stereocenters. The average Bonchev–Trinajstić information content (AvgIpc) is 2.72. The van der Waals surface area contributed by atoms with Crippen LogP contribution in [0.3, 0.4) is 0 Å². The van der Waals surface area contributed by atoms with Crippen molar-refractivity contribution in [2.24, 2.45) is 0 Å². The zero-order chi connectivity index (χ0) is 20.2. The Kier molecular flexibility index (Phi) is 5.73. The minimum absolute atomic E-state index is 0.482. The zero-order valence-electron chi connectivity index (χ0n) is 16.7. The van der Waals surface area contributed by atoms with Crippen LogP contribution in [0.2, 0.25) is 5.02 Å². The minimum atomic E-state index is 0.482. The first-order valence-electron chi connectivity index (χ1n) is 9.79. The summed E-state index contributed by atoms with van der Waals surface area (Å²) in [4.78, 5) is 0. The fourth-order valence-electron chi connectivity index (χ4n) is 3.62. The van der Waals surface area contributed by atoms with E-state index in [9.17, 15) is 0 Å². The molecule has 0 aromatic heterocycles. The van der Waals surface area contributed by atoms with E-state index < -0.39 is 0 Å². The molecule has 2 nitrogen and oxygen atoms in total. The molecular weight excluding hydrogens is 378 g/mol. The Morgan fingerprint density at radius 1 is 0.862 bits per heavy atom. The van der Waals surface area contributed by atoms with Gasteiger partial charge in [-0.05, 0) is 60.0 Å². The average molecular weight is 402 g/mol. The van der Waals surface area contributed by atoms with Crippen molar-refractivity contribution in [3.05, 3.63) is 106 Å². The van der Waals surface area contributed by atoms with Crippen molar-refractivity contribution in [3.8, 4) is 5.75 Å². The van der Waals surface area contributed by atoms with Gasteiger partial charge in [-0.25, -0.2) is 0 Å². The summed E-state index contributed by atoms with van der Waals surface area (Å²) >= 11 is 6.11.